The highest BCUT2D eigenvalue weighted by Gasteiger charge is 2.01. The molecule has 1 rings (SSSR count). The molecule has 1 heteroatoms. The van der Waals surface area contributed by atoms with E-state index in [1.807, 2.05) is 18.2 Å². The number of hydrogen-bond donors (Lipinski definition) is 0. The normalized spacial score (nSPS) is 10.3. The largest absolute Gasteiger partial charge is 0.374 e. The fraction of sp³-hybridized carbons (Fsp3) is 0.455. The highest BCUT2D eigenvalue weighted by molar-refractivity contribution is 5.43. The Balaban J connectivity index is 2.59. The Labute approximate surface area is 75.0 Å². The molecular formula is C11H16N. The fourth-order valence-electron chi connectivity index (χ4n) is 1.27. The van der Waals surface area contributed by atoms with Crippen LogP contribution >= 0.6 is 0 Å². The van der Waals surface area contributed by atoms with Crippen LogP contribution in [0, 0.1) is 12.0 Å². The van der Waals surface area contributed by atoms with Crippen molar-refractivity contribution in [1.82, 2.24) is 0 Å². The Morgan fingerprint density at radius 3 is 2.67 bits per heavy atom. The van der Waals surface area contributed by atoms with Crippen LogP contribution < -0.4 is 4.90 Å². The summed E-state index contributed by atoms with van der Waals surface area (Å²) >= 11 is 0. The first-order chi connectivity index (χ1) is 5.70. The molecule has 0 atom stereocenters. The summed E-state index contributed by atoms with van der Waals surface area (Å²) < 4.78 is 0. The van der Waals surface area contributed by atoms with Crippen molar-refractivity contribution in [2.75, 3.05) is 18.5 Å². The molecule has 1 nitrogen and oxygen atoms in total. The second kappa shape index (κ2) is 4.15. The lowest BCUT2D eigenvalue weighted by molar-refractivity contribution is 0.638. The van der Waals surface area contributed by atoms with Gasteiger partial charge in [0.15, 0.2) is 0 Å². The number of rotatable bonds is 3. The zero-order valence-corrected chi connectivity index (χ0v) is 8.04. The minimum Gasteiger partial charge on any atom is -0.374 e. The van der Waals surface area contributed by atoms with E-state index in [-0.39, 0.29) is 0 Å². The van der Waals surface area contributed by atoms with Crippen molar-refractivity contribution in [1.29, 1.82) is 0 Å². The smallest absolute Gasteiger partial charge is 0.0444 e. The Bertz CT molecular complexity index is 216. The first-order valence-corrected chi connectivity index (χ1v) is 4.38. The minimum atomic E-state index is 0.698. The van der Waals surface area contributed by atoms with Crippen molar-refractivity contribution in [2.24, 2.45) is 5.92 Å². The van der Waals surface area contributed by atoms with E-state index in [0.717, 1.165) is 6.54 Å². The summed E-state index contributed by atoms with van der Waals surface area (Å²) in [5.41, 5.74) is 1.17. The van der Waals surface area contributed by atoms with E-state index < -0.39 is 0 Å². The third-order valence-electron chi connectivity index (χ3n) is 1.74. The van der Waals surface area contributed by atoms with Gasteiger partial charge in [0.1, 0.15) is 0 Å². The topological polar surface area (TPSA) is 3.24 Å². The predicted octanol–water partition coefficient (Wildman–Crippen LogP) is 2.58. The van der Waals surface area contributed by atoms with Crippen LogP contribution in [0.2, 0.25) is 0 Å². The highest BCUT2D eigenvalue weighted by atomic mass is 15.1. The van der Waals surface area contributed by atoms with E-state index in [0.29, 0.717) is 5.92 Å². The molecule has 0 fully saturated rings. The SMILES string of the molecule is CC(C)CN(C)c1[c]cccc1. The maximum atomic E-state index is 3.20. The van der Waals surface area contributed by atoms with Crippen LogP contribution in [0.4, 0.5) is 5.69 Å². The first-order valence-electron chi connectivity index (χ1n) is 4.38. The lowest BCUT2D eigenvalue weighted by Crippen LogP contribution is -2.22. The molecule has 12 heavy (non-hydrogen) atoms. The summed E-state index contributed by atoms with van der Waals surface area (Å²) in [7, 11) is 2.10. The number of anilines is 1. The third-order valence-corrected chi connectivity index (χ3v) is 1.74. The van der Waals surface area contributed by atoms with Crippen molar-refractivity contribution >= 4 is 5.69 Å². The molecule has 0 heterocycles. The van der Waals surface area contributed by atoms with Gasteiger partial charge in [-0.05, 0) is 12.0 Å². The molecule has 0 N–H and O–H groups in total. The molecule has 0 aromatic heterocycles. The van der Waals surface area contributed by atoms with Gasteiger partial charge in [0.25, 0.3) is 0 Å². The van der Waals surface area contributed by atoms with E-state index in [4.69, 9.17) is 0 Å². The highest BCUT2D eigenvalue weighted by Crippen LogP contribution is 2.11. The van der Waals surface area contributed by atoms with Crippen molar-refractivity contribution in [3.63, 3.8) is 0 Å². The molecule has 0 aliphatic carbocycles. The van der Waals surface area contributed by atoms with E-state index >= 15 is 0 Å². The second-order valence-corrected chi connectivity index (χ2v) is 3.52. The summed E-state index contributed by atoms with van der Waals surface area (Å²) in [4.78, 5) is 2.23. The van der Waals surface area contributed by atoms with Gasteiger partial charge in [0.2, 0.25) is 0 Å². The van der Waals surface area contributed by atoms with Gasteiger partial charge >= 0.3 is 0 Å². The average Bonchev–Trinajstić information content (AvgIpc) is 2.05. The maximum absolute atomic E-state index is 3.20. The number of hydrogen-bond acceptors (Lipinski definition) is 1. The van der Waals surface area contributed by atoms with Crippen LogP contribution in [0.25, 0.3) is 0 Å². The maximum Gasteiger partial charge on any atom is 0.0444 e. The van der Waals surface area contributed by atoms with Crippen molar-refractivity contribution in [3.8, 4) is 0 Å². The monoisotopic (exact) mass is 162 g/mol. The Kier molecular flexibility index (Phi) is 3.15. The number of benzene rings is 1. The molecule has 1 aromatic carbocycles. The molecule has 1 radical (unpaired) electrons. The van der Waals surface area contributed by atoms with Crippen LogP contribution in [0.1, 0.15) is 13.8 Å². The van der Waals surface area contributed by atoms with Gasteiger partial charge in [-0.25, -0.2) is 0 Å². The first kappa shape index (κ1) is 9.11. The van der Waals surface area contributed by atoms with Gasteiger partial charge in [-0.1, -0.05) is 32.0 Å². The van der Waals surface area contributed by atoms with E-state index in [9.17, 15) is 0 Å². The van der Waals surface area contributed by atoms with Crippen LogP contribution in [0.3, 0.4) is 0 Å². The lowest BCUT2D eigenvalue weighted by Gasteiger charge is -2.20. The predicted molar refractivity (Wildman–Crippen MR) is 53.4 cm³/mol. The zero-order chi connectivity index (χ0) is 8.97. The molecule has 0 saturated carbocycles. The minimum absolute atomic E-state index is 0.698. The Morgan fingerprint density at radius 2 is 2.17 bits per heavy atom. The summed E-state index contributed by atoms with van der Waals surface area (Å²) in [5, 5.41) is 0. The number of para-hydroxylation sites is 1. The standard InChI is InChI=1S/C11H16N/c1-10(2)9-12(3)11-7-5-4-6-8-11/h4-7,10H,9H2,1-3H3. The van der Waals surface area contributed by atoms with Gasteiger partial charge in [0, 0.05) is 25.3 Å². The molecule has 1 aromatic rings. The zero-order valence-electron chi connectivity index (χ0n) is 8.04. The summed E-state index contributed by atoms with van der Waals surface area (Å²) in [6, 6.07) is 11.3. The van der Waals surface area contributed by atoms with Gasteiger partial charge in [-0.2, -0.15) is 0 Å². The summed E-state index contributed by atoms with van der Waals surface area (Å²) in [5.74, 6) is 0.698. The van der Waals surface area contributed by atoms with E-state index in [1.54, 1.807) is 0 Å². The molecule has 0 unspecified atom stereocenters. The number of nitrogens with zero attached hydrogens (tertiary/aromatic N) is 1. The van der Waals surface area contributed by atoms with Crippen molar-refractivity contribution in [3.05, 3.63) is 30.3 Å². The average molecular weight is 162 g/mol. The van der Waals surface area contributed by atoms with Gasteiger partial charge in [-0.3, -0.25) is 0 Å². The van der Waals surface area contributed by atoms with Crippen LogP contribution in [-0.4, -0.2) is 13.6 Å². The molecule has 0 spiro atoms. The molecule has 0 bridgehead atoms. The van der Waals surface area contributed by atoms with Crippen LogP contribution in [-0.2, 0) is 0 Å². The van der Waals surface area contributed by atoms with Crippen LogP contribution in [0.15, 0.2) is 24.3 Å². The fourth-order valence-corrected chi connectivity index (χ4v) is 1.27. The van der Waals surface area contributed by atoms with Crippen LogP contribution in [0.5, 0.6) is 0 Å². The van der Waals surface area contributed by atoms with E-state index in [2.05, 4.69) is 37.9 Å². The van der Waals surface area contributed by atoms with Gasteiger partial charge in [-0.15, -0.1) is 0 Å². The molecular weight excluding hydrogens is 146 g/mol. The quantitative estimate of drug-likeness (QED) is 0.660. The van der Waals surface area contributed by atoms with E-state index in [1.165, 1.54) is 5.69 Å². The summed E-state index contributed by atoms with van der Waals surface area (Å²) in [6.07, 6.45) is 0. The van der Waals surface area contributed by atoms with Gasteiger partial charge in [0.05, 0.1) is 0 Å². The summed E-state index contributed by atoms with van der Waals surface area (Å²) in [6.45, 7) is 5.53. The molecule has 0 aliphatic heterocycles. The molecule has 0 aliphatic rings. The van der Waals surface area contributed by atoms with Crippen molar-refractivity contribution < 1.29 is 0 Å². The molecule has 0 saturated heterocycles. The molecule has 0 amide bonds. The second-order valence-electron chi connectivity index (χ2n) is 3.52. The Morgan fingerprint density at radius 1 is 1.42 bits per heavy atom. The lowest BCUT2D eigenvalue weighted by atomic mass is 10.2. The molecule has 65 valence electrons. The Hall–Kier alpha value is -0.980. The van der Waals surface area contributed by atoms with Crippen molar-refractivity contribution in [2.45, 2.75) is 13.8 Å². The van der Waals surface area contributed by atoms with Gasteiger partial charge < -0.3 is 4.90 Å². The third kappa shape index (κ3) is 2.57.